The van der Waals surface area contributed by atoms with Crippen LogP contribution in [0.15, 0.2) is 59.1 Å². The van der Waals surface area contributed by atoms with Crippen LogP contribution in [0, 0.1) is 5.82 Å². The Bertz CT molecular complexity index is 1030. The third-order valence-electron chi connectivity index (χ3n) is 3.22. The van der Waals surface area contributed by atoms with Crippen LogP contribution in [-0.2, 0) is 10.0 Å². The van der Waals surface area contributed by atoms with E-state index in [2.05, 4.69) is 4.98 Å². The van der Waals surface area contributed by atoms with Gasteiger partial charge in [-0.2, -0.15) is 0 Å². The van der Waals surface area contributed by atoms with Crippen LogP contribution in [0.2, 0.25) is 4.34 Å². The topological polar surface area (TPSA) is 76.1 Å². The Morgan fingerprint density at radius 2 is 1.80 bits per heavy atom. The molecule has 0 aliphatic heterocycles. The van der Waals surface area contributed by atoms with Crippen molar-refractivity contribution in [3.8, 4) is 11.1 Å². The second-order valence-corrected chi connectivity index (χ2v) is 8.59. The summed E-state index contributed by atoms with van der Waals surface area (Å²) in [6.45, 7) is 0. The molecule has 3 aromatic rings. The number of hydrogen-bond acceptors (Lipinski definition) is 5. The summed E-state index contributed by atoms with van der Waals surface area (Å²) in [5.41, 5.74) is 1.27. The van der Waals surface area contributed by atoms with E-state index in [1.54, 1.807) is 12.1 Å². The van der Waals surface area contributed by atoms with Gasteiger partial charge in [-0.05, 0) is 35.9 Å². The van der Waals surface area contributed by atoms with Crippen molar-refractivity contribution < 1.29 is 17.6 Å². The van der Waals surface area contributed by atoms with Gasteiger partial charge < -0.3 is 0 Å². The van der Waals surface area contributed by atoms with Crippen molar-refractivity contribution in [3.63, 3.8) is 0 Å². The van der Waals surface area contributed by atoms with Gasteiger partial charge in [0.2, 0.25) is 0 Å². The van der Waals surface area contributed by atoms with E-state index in [1.165, 1.54) is 42.7 Å². The number of nitrogens with one attached hydrogen (secondary N) is 1. The zero-order valence-electron chi connectivity index (χ0n) is 12.4. The molecule has 9 heteroatoms. The van der Waals surface area contributed by atoms with Crippen molar-refractivity contribution in [2.45, 2.75) is 4.21 Å². The van der Waals surface area contributed by atoms with E-state index in [1.807, 2.05) is 4.72 Å². The van der Waals surface area contributed by atoms with Crippen LogP contribution < -0.4 is 4.72 Å². The highest BCUT2D eigenvalue weighted by molar-refractivity contribution is 7.92. The molecule has 5 nitrogen and oxygen atoms in total. The van der Waals surface area contributed by atoms with Crippen molar-refractivity contribution >= 4 is 38.9 Å². The first-order valence-electron chi connectivity index (χ1n) is 6.89. The predicted molar refractivity (Wildman–Crippen MR) is 93.6 cm³/mol. The minimum Gasteiger partial charge on any atom is -0.268 e. The van der Waals surface area contributed by atoms with Gasteiger partial charge in [0.1, 0.15) is 10.0 Å². The quantitative estimate of drug-likeness (QED) is 0.729. The number of nitrogens with zero attached hydrogens (tertiary/aromatic N) is 1. The molecule has 0 bridgehead atoms. The van der Waals surface area contributed by atoms with Gasteiger partial charge >= 0.3 is 0 Å². The molecule has 0 radical (unpaired) electrons. The maximum atomic E-state index is 13.0. The average molecular weight is 397 g/mol. The zero-order valence-corrected chi connectivity index (χ0v) is 14.8. The largest absolute Gasteiger partial charge is 0.273 e. The Balaban J connectivity index is 1.85. The average Bonchev–Trinajstić information content (AvgIpc) is 3.03. The second kappa shape index (κ2) is 6.91. The Hall–Kier alpha value is -2.29. The van der Waals surface area contributed by atoms with Crippen molar-refractivity contribution in [2.24, 2.45) is 0 Å². The first-order valence-corrected chi connectivity index (χ1v) is 9.56. The molecule has 0 fully saturated rings. The molecule has 1 N–H and O–H groups in total. The van der Waals surface area contributed by atoms with Crippen molar-refractivity contribution in [1.29, 1.82) is 0 Å². The van der Waals surface area contributed by atoms with E-state index in [0.717, 1.165) is 11.3 Å². The number of carbonyl (C=O) groups is 1. The SMILES string of the molecule is O=C(NS(=O)(=O)c1ccc(Cl)s1)c1cncc(-c2ccc(F)cc2)c1. The fourth-order valence-electron chi connectivity index (χ4n) is 2.04. The molecule has 3 rings (SSSR count). The minimum atomic E-state index is -4.01. The monoisotopic (exact) mass is 396 g/mol. The predicted octanol–water partition coefficient (Wildman–Crippen LogP) is 3.72. The first kappa shape index (κ1) is 17.5. The maximum Gasteiger partial charge on any atom is 0.273 e. The summed E-state index contributed by atoms with van der Waals surface area (Å²) < 4.78 is 39.6. The number of benzene rings is 1. The van der Waals surface area contributed by atoms with Gasteiger partial charge in [-0.3, -0.25) is 9.78 Å². The van der Waals surface area contributed by atoms with Gasteiger partial charge in [0, 0.05) is 18.0 Å². The van der Waals surface area contributed by atoms with Crippen LogP contribution in [0.25, 0.3) is 11.1 Å². The maximum absolute atomic E-state index is 13.0. The third kappa shape index (κ3) is 4.04. The third-order valence-corrected chi connectivity index (χ3v) is 6.27. The first-order chi connectivity index (χ1) is 11.8. The fourth-order valence-corrected chi connectivity index (χ4v) is 4.49. The van der Waals surface area contributed by atoms with Gasteiger partial charge in [0.25, 0.3) is 15.9 Å². The van der Waals surface area contributed by atoms with E-state index < -0.39 is 15.9 Å². The molecule has 1 aromatic carbocycles. The molecule has 0 aliphatic carbocycles. The molecule has 0 spiro atoms. The van der Waals surface area contributed by atoms with Crippen molar-refractivity contribution in [3.05, 3.63) is 70.6 Å². The van der Waals surface area contributed by atoms with E-state index in [0.29, 0.717) is 15.5 Å². The van der Waals surface area contributed by atoms with Crippen molar-refractivity contribution in [1.82, 2.24) is 9.71 Å². The number of sulfonamides is 1. The molecule has 1 amide bonds. The smallest absolute Gasteiger partial charge is 0.268 e. The Morgan fingerprint density at radius 1 is 1.08 bits per heavy atom. The molecule has 0 saturated carbocycles. The molecule has 0 atom stereocenters. The zero-order chi connectivity index (χ0) is 18.0. The molecule has 0 unspecified atom stereocenters. The van der Waals surface area contributed by atoms with E-state index >= 15 is 0 Å². The van der Waals surface area contributed by atoms with Crippen LogP contribution in [0.1, 0.15) is 10.4 Å². The van der Waals surface area contributed by atoms with E-state index in [4.69, 9.17) is 11.6 Å². The van der Waals surface area contributed by atoms with Gasteiger partial charge in [0.05, 0.1) is 9.90 Å². The van der Waals surface area contributed by atoms with Crippen LogP contribution >= 0.6 is 22.9 Å². The highest BCUT2D eigenvalue weighted by atomic mass is 35.5. The Kier molecular flexibility index (Phi) is 4.85. The van der Waals surface area contributed by atoms with Crippen LogP contribution in [0.3, 0.4) is 0 Å². The lowest BCUT2D eigenvalue weighted by Crippen LogP contribution is -2.30. The molecule has 0 aliphatic rings. The number of aromatic nitrogens is 1. The lowest BCUT2D eigenvalue weighted by atomic mass is 10.1. The molecular formula is C16H10ClFN2O3S2. The van der Waals surface area contributed by atoms with Gasteiger partial charge in [0.15, 0.2) is 0 Å². The standard InChI is InChI=1S/C16H10ClFN2O3S2/c17-14-5-6-15(24-14)25(22,23)20-16(21)12-7-11(8-19-9-12)10-1-3-13(18)4-2-10/h1-9H,(H,20,21). The second-order valence-electron chi connectivity index (χ2n) is 4.96. The van der Waals surface area contributed by atoms with E-state index in [9.17, 15) is 17.6 Å². The number of carbonyl (C=O) groups excluding carboxylic acids is 1. The van der Waals surface area contributed by atoms with Crippen molar-refractivity contribution in [2.75, 3.05) is 0 Å². The normalized spacial score (nSPS) is 11.3. The van der Waals surface area contributed by atoms with Gasteiger partial charge in [-0.15, -0.1) is 11.3 Å². The van der Waals surface area contributed by atoms with Crippen LogP contribution in [0.4, 0.5) is 4.39 Å². The van der Waals surface area contributed by atoms with Crippen LogP contribution in [-0.4, -0.2) is 19.3 Å². The Morgan fingerprint density at radius 3 is 2.44 bits per heavy atom. The number of thiophene rings is 1. The van der Waals surface area contributed by atoms with Gasteiger partial charge in [-0.25, -0.2) is 17.5 Å². The Labute approximate surface area is 152 Å². The number of pyridine rings is 1. The number of amides is 1. The van der Waals surface area contributed by atoms with Gasteiger partial charge in [-0.1, -0.05) is 23.7 Å². The summed E-state index contributed by atoms with van der Waals surface area (Å²) in [4.78, 5) is 16.2. The summed E-state index contributed by atoms with van der Waals surface area (Å²) in [6.07, 6.45) is 2.75. The fraction of sp³-hybridized carbons (Fsp3) is 0. The number of hydrogen-bond donors (Lipinski definition) is 1. The molecule has 2 heterocycles. The summed E-state index contributed by atoms with van der Waals surface area (Å²) in [5.74, 6) is -1.20. The van der Waals surface area contributed by atoms with E-state index in [-0.39, 0.29) is 15.6 Å². The molecule has 128 valence electrons. The molecule has 25 heavy (non-hydrogen) atoms. The summed E-state index contributed by atoms with van der Waals surface area (Å²) in [5, 5.41) is 0. The number of halogens is 2. The minimum absolute atomic E-state index is 0.0616. The summed E-state index contributed by atoms with van der Waals surface area (Å²) >= 11 is 6.57. The summed E-state index contributed by atoms with van der Waals surface area (Å²) in [6, 6.07) is 9.88. The molecule has 0 saturated heterocycles. The summed E-state index contributed by atoms with van der Waals surface area (Å²) in [7, 11) is -4.01. The highest BCUT2D eigenvalue weighted by Gasteiger charge is 2.21. The lowest BCUT2D eigenvalue weighted by molar-refractivity contribution is 0.0981. The lowest BCUT2D eigenvalue weighted by Gasteiger charge is -2.07. The molecule has 2 aromatic heterocycles. The van der Waals surface area contributed by atoms with Crippen LogP contribution in [0.5, 0.6) is 0 Å². The molecular weight excluding hydrogens is 387 g/mol. The number of rotatable bonds is 4. The highest BCUT2D eigenvalue weighted by Crippen LogP contribution is 2.25.